The molecule has 0 spiro atoms. The summed E-state index contributed by atoms with van der Waals surface area (Å²) in [7, 11) is 0. The minimum atomic E-state index is -1.87. The van der Waals surface area contributed by atoms with E-state index in [4.69, 9.17) is 4.74 Å². The monoisotopic (exact) mass is 374 g/mol. The molecule has 2 saturated heterocycles. The third kappa shape index (κ3) is 2.31. The van der Waals surface area contributed by atoms with E-state index in [2.05, 4.69) is 0 Å². The summed E-state index contributed by atoms with van der Waals surface area (Å²) in [6, 6.07) is -0.834. The van der Waals surface area contributed by atoms with Crippen molar-refractivity contribution in [2.75, 3.05) is 11.0 Å². The van der Waals surface area contributed by atoms with Crippen molar-refractivity contribution in [1.82, 2.24) is 10.2 Å². The predicted octanol–water partition coefficient (Wildman–Crippen LogP) is -1.24. The van der Waals surface area contributed by atoms with Crippen molar-refractivity contribution in [1.29, 1.82) is 0 Å². The van der Waals surface area contributed by atoms with Crippen molar-refractivity contribution < 1.29 is 28.9 Å². The van der Waals surface area contributed by atoms with Crippen LogP contribution in [-0.4, -0.2) is 68.7 Å². The minimum absolute atomic E-state index is 0.417. The zero-order valence-electron chi connectivity index (χ0n) is 9.12. The summed E-state index contributed by atoms with van der Waals surface area (Å²) in [5, 5.41) is 21.3. The van der Waals surface area contributed by atoms with E-state index in [0.717, 1.165) is 4.90 Å². The zero-order chi connectivity index (χ0) is 13.4. The van der Waals surface area contributed by atoms with Crippen molar-refractivity contribution >= 4 is 34.5 Å². The highest BCUT2D eigenvalue weighted by molar-refractivity contribution is 14.1. The molecule has 0 saturated carbocycles. The summed E-state index contributed by atoms with van der Waals surface area (Å²) in [4.78, 5) is 23.4. The number of hydrogen-bond donors (Lipinski definition) is 3. The second-order valence-corrected chi connectivity index (χ2v) is 5.00. The van der Waals surface area contributed by atoms with Crippen molar-refractivity contribution in [2.45, 2.75) is 30.7 Å². The van der Waals surface area contributed by atoms with Crippen LogP contribution in [0.5, 0.6) is 0 Å². The number of nitrogens with zero attached hydrogens (tertiary/aromatic N) is 1. The molecule has 9 heteroatoms. The number of amides is 3. The molecule has 7 nitrogen and oxygen atoms in total. The quantitative estimate of drug-likeness (QED) is 0.415. The van der Waals surface area contributed by atoms with Gasteiger partial charge >= 0.3 is 6.03 Å². The number of alkyl halides is 2. The number of urea groups is 1. The van der Waals surface area contributed by atoms with Gasteiger partial charge in [-0.25, -0.2) is 9.18 Å². The van der Waals surface area contributed by atoms with Gasteiger partial charge in [0.2, 0.25) is 0 Å². The highest BCUT2D eigenvalue weighted by Gasteiger charge is 2.48. The van der Waals surface area contributed by atoms with E-state index in [-0.39, 0.29) is 0 Å². The van der Waals surface area contributed by atoms with E-state index >= 15 is 0 Å². The van der Waals surface area contributed by atoms with Gasteiger partial charge in [-0.2, -0.15) is 0 Å². The second-order valence-electron chi connectivity index (χ2n) is 4.11. The Labute approximate surface area is 115 Å². The third-order valence-electron chi connectivity index (χ3n) is 2.93. The molecule has 0 radical (unpaired) electrons. The lowest BCUT2D eigenvalue weighted by Crippen LogP contribution is -2.60. The standard InChI is InChI=1S/C9H12FIN2O5/c10-3-2-13(9(17)12-7(3)16)8-6(15)5(14)4(1-11)18-8/h3-6,8,14-15H,1-2H2,(H,12,16,17)/t3?,4-,5?,6?,8-/m1/s1. The molecule has 0 aliphatic carbocycles. The molecule has 102 valence electrons. The van der Waals surface area contributed by atoms with Crippen LogP contribution in [0.1, 0.15) is 0 Å². The fraction of sp³-hybridized carbons (Fsp3) is 0.778. The van der Waals surface area contributed by atoms with Gasteiger partial charge in [0.05, 0.1) is 12.6 Å². The maximum atomic E-state index is 13.3. The lowest BCUT2D eigenvalue weighted by Gasteiger charge is -2.34. The van der Waals surface area contributed by atoms with Crippen LogP contribution in [-0.2, 0) is 9.53 Å². The summed E-state index contributed by atoms with van der Waals surface area (Å²) >= 11 is 1.96. The van der Waals surface area contributed by atoms with Gasteiger partial charge in [0.25, 0.3) is 5.91 Å². The minimum Gasteiger partial charge on any atom is -0.387 e. The van der Waals surface area contributed by atoms with Crippen LogP contribution in [0, 0.1) is 0 Å². The first kappa shape index (κ1) is 13.9. The average molecular weight is 374 g/mol. The van der Waals surface area contributed by atoms with E-state index in [1.807, 2.05) is 27.9 Å². The highest BCUT2D eigenvalue weighted by Crippen LogP contribution is 2.26. The normalized spacial score (nSPS) is 41.1. The summed E-state index contributed by atoms with van der Waals surface area (Å²) in [5.41, 5.74) is 0. The van der Waals surface area contributed by atoms with E-state index in [1.54, 1.807) is 0 Å². The van der Waals surface area contributed by atoms with E-state index in [9.17, 15) is 24.2 Å². The van der Waals surface area contributed by atoms with Gasteiger partial charge < -0.3 is 14.9 Å². The number of rotatable bonds is 2. The van der Waals surface area contributed by atoms with Crippen LogP contribution >= 0.6 is 22.6 Å². The van der Waals surface area contributed by atoms with Gasteiger partial charge in [0, 0.05) is 4.43 Å². The molecule has 0 aromatic heterocycles. The van der Waals surface area contributed by atoms with E-state index < -0.39 is 49.2 Å². The smallest absolute Gasteiger partial charge is 0.326 e. The van der Waals surface area contributed by atoms with Crippen LogP contribution in [0.15, 0.2) is 0 Å². The Bertz CT molecular complexity index is 371. The summed E-state index contributed by atoms with van der Waals surface area (Å²) in [5.74, 6) is -1.00. The molecule has 0 bridgehead atoms. The molecule has 3 amide bonds. The third-order valence-corrected chi connectivity index (χ3v) is 3.80. The van der Waals surface area contributed by atoms with Crippen molar-refractivity contribution in [3.63, 3.8) is 0 Å². The number of ether oxygens (including phenoxy) is 1. The first-order chi connectivity index (χ1) is 8.45. The molecular weight excluding hydrogens is 362 g/mol. The molecule has 18 heavy (non-hydrogen) atoms. The molecule has 3 unspecified atom stereocenters. The Morgan fingerprint density at radius 2 is 2.11 bits per heavy atom. The molecular formula is C9H12FIN2O5. The van der Waals surface area contributed by atoms with Gasteiger partial charge in [-0.15, -0.1) is 0 Å². The second kappa shape index (κ2) is 5.23. The summed E-state index contributed by atoms with van der Waals surface area (Å²) in [6.45, 7) is -0.493. The average Bonchev–Trinajstić information content (AvgIpc) is 2.61. The van der Waals surface area contributed by atoms with Crippen LogP contribution in [0.25, 0.3) is 0 Å². The highest BCUT2D eigenvalue weighted by atomic mass is 127. The number of carbonyl (C=O) groups is 2. The summed E-state index contributed by atoms with van der Waals surface area (Å²) in [6.07, 6.45) is -6.11. The van der Waals surface area contributed by atoms with E-state index in [1.165, 1.54) is 0 Å². The van der Waals surface area contributed by atoms with Gasteiger partial charge in [0.1, 0.15) is 12.2 Å². The maximum Gasteiger partial charge on any atom is 0.326 e. The fourth-order valence-corrected chi connectivity index (χ4v) is 2.66. The Morgan fingerprint density at radius 3 is 2.67 bits per heavy atom. The maximum absolute atomic E-state index is 13.3. The lowest BCUT2D eigenvalue weighted by atomic mass is 10.1. The number of carbonyl (C=O) groups excluding carboxylic acids is 2. The number of imide groups is 1. The van der Waals surface area contributed by atoms with Crippen molar-refractivity contribution in [3.05, 3.63) is 0 Å². The molecule has 2 rings (SSSR count). The first-order valence-corrected chi connectivity index (χ1v) is 6.81. The summed E-state index contributed by atoms with van der Waals surface area (Å²) < 4.78 is 19.0. The number of halogens is 2. The number of aliphatic hydroxyl groups excluding tert-OH is 2. The molecule has 5 atom stereocenters. The number of hydrogen-bond acceptors (Lipinski definition) is 5. The lowest BCUT2D eigenvalue weighted by molar-refractivity contribution is -0.131. The van der Waals surface area contributed by atoms with Crippen LogP contribution in [0.2, 0.25) is 0 Å². The van der Waals surface area contributed by atoms with Gasteiger partial charge in [-0.05, 0) is 0 Å². The van der Waals surface area contributed by atoms with Crippen molar-refractivity contribution in [3.8, 4) is 0 Å². The fourth-order valence-electron chi connectivity index (χ4n) is 1.93. The Balaban J connectivity index is 2.12. The van der Waals surface area contributed by atoms with Gasteiger partial charge in [0.15, 0.2) is 12.4 Å². The van der Waals surface area contributed by atoms with Gasteiger partial charge in [-0.3, -0.25) is 15.0 Å². The topological polar surface area (TPSA) is 99.1 Å². The molecule has 2 fully saturated rings. The van der Waals surface area contributed by atoms with Crippen molar-refractivity contribution in [2.24, 2.45) is 0 Å². The largest absolute Gasteiger partial charge is 0.387 e. The first-order valence-electron chi connectivity index (χ1n) is 5.28. The SMILES string of the molecule is O=C1NC(=O)N([C@@H]2O[C@H](CI)C(O)C2O)CC1F. The molecule has 0 aromatic carbocycles. The Kier molecular flexibility index (Phi) is 4.04. The van der Waals surface area contributed by atoms with Crippen LogP contribution in [0.4, 0.5) is 9.18 Å². The zero-order valence-corrected chi connectivity index (χ0v) is 11.3. The van der Waals surface area contributed by atoms with Crippen LogP contribution in [0.3, 0.4) is 0 Å². The van der Waals surface area contributed by atoms with Crippen LogP contribution < -0.4 is 5.32 Å². The van der Waals surface area contributed by atoms with Gasteiger partial charge in [-0.1, -0.05) is 22.6 Å². The molecule has 2 aliphatic heterocycles. The number of aliphatic hydroxyl groups is 2. The molecule has 0 aromatic rings. The predicted molar refractivity (Wildman–Crippen MR) is 64.7 cm³/mol. The molecule has 3 N–H and O–H groups in total. The molecule has 2 aliphatic rings. The van der Waals surface area contributed by atoms with E-state index in [0.29, 0.717) is 4.43 Å². The Morgan fingerprint density at radius 1 is 1.44 bits per heavy atom. The Hall–Kier alpha value is -0.520. The molecule has 2 heterocycles. The number of nitrogens with one attached hydrogen (secondary N) is 1.